The summed E-state index contributed by atoms with van der Waals surface area (Å²) in [5.74, 6) is 1.65. The predicted molar refractivity (Wildman–Crippen MR) is 75.1 cm³/mol. The zero-order valence-electron chi connectivity index (χ0n) is 10.6. The van der Waals surface area contributed by atoms with Crippen LogP contribution in [-0.4, -0.2) is 12.6 Å². The van der Waals surface area contributed by atoms with Gasteiger partial charge in [-0.3, -0.25) is 0 Å². The second-order valence-corrected chi connectivity index (χ2v) is 5.82. The Hall–Kier alpha value is -0.990. The maximum atomic E-state index is 5.97. The van der Waals surface area contributed by atoms with Gasteiger partial charge >= 0.3 is 0 Å². The van der Waals surface area contributed by atoms with Crippen LogP contribution in [0.4, 0.5) is 0 Å². The van der Waals surface area contributed by atoms with E-state index in [-0.39, 0.29) is 0 Å². The van der Waals surface area contributed by atoms with Gasteiger partial charge in [0, 0.05) is 22.9 Å². The molecular formula is C15H18ClNO. The molecule has 0 spiro atoms. The van der Waals surface area contributed by atoms with Gasteiger partial charge in [-0.1, -0.05) is 18.5 Å². The van der Waals surface area contributed by atoms with Crippen molar-refractivity contribution < 1.29 is 4.42 Å². The smallest absolute Gasteiger partial charge is 0.134 e. The van der Waals surface area contributed by atoms with Gasteiger partial charge in [-0.2, -0.15) is 0 Å². The fourth-order valence-electron chi connectivity index (χ4n) is 2.24. The molecule has 1 aliphatic rings. The molecule has 1 aliphatic carbocycles. The molecule has 0 bridgehead atoms. The van der Waals surface area contributed by atoms with Crippen molar-refractivity contribution in [3.05, 3.63) is 35.0 Å². The third kappa shape index (κ3) is 2.88. The van der Waals surface area contributed by atoms with Crippen LogP contribution in [0.2, 0.25) is 5.02 Å². The summed E-state index contributed by atoms with van der Waals surface area (Å²) in [6.45, 7) is 3.33. The van der Waals surface area contributed by atoms with E-state index >= 15 is 0 Å². The first-order valence-corrected chi connectivity index (χ1v) is 7.00. The number of fused-ring (bicyclic) bond motifs is 1. The summed E-state index contributed by atoms with van der Waals surface area (Å²) in [6, 6.07) is 8.65. The van der Waals surface area contributed by atoms with Crippen molar-refractivity contribution in [2.45, 2.75) is 32.2 Å². The third-order valence-electron chi connectivity index (χ3n) is 3.41. The van der Waals surface area contributed by atoms with Crippen molar-refractivity contribution in [1.82, 2.24) is 5.32 Å². The zero-order chi connectivity index (χ0) is 12.5. The molecule has 3 heteroatoms. The van der Waals surface area contributed by atoms with Crippen LogP contribution in [-0.2, 0) is 6.42 Å². The highest BCUT2D eigenvalue weighted by Gasteiger charge is 2.21. The van der Waals surface area contributed by atoms with Crippen molar-refractivity contribution in [2.75, 3.05) is 6.54 Å². The molecule has 1 N–H and O–H groups in total. The van der Waals surface area contributed by atoms with Crippen LogP contribution in [0.3, 0.4) is 0 Å². The second-order valence-electron chi connectivity index (χ2n) is 5.39. The number of hydrogen-bond donors (Lipinski definition) is 1. The molecule has 0 radical (unpaired) electrons. The summed E-state index contributed by atoms with van der Waals surface area (Å²) in [5.41, 5.74) is 0.928. The molecule has 1 heterocycles. The Balaban J connectivity index is 1.65. The summed E-state index contributed by atoms with van der Waals surface area (Å²) in [5, 5.41) is 5.42. The second kappa shape index (κ2) is 4.94. The van der Waals surface area contributed by atoms with E-state index in [1.165, 1.54) is 12.8 Å². The SMILES string of the molecule is CC(CNC1CC1)Cc1cc2cc(Cl)ccc2o1. The van der Waals surface area contributed by atoms with E-state index in [4.69, 9.17) is 16.0 Å². The van der Waals surface area contributed by atoms with Crippen LogP contribution in [0.25, 0.3) is 11.0 Å². The molecule has 1 atom stereocenters. The molecular weight excluding hydrogens is 246 g/mol. The molecule has 1 aromatic heterocycles. The van der Waals surface area contributed by atoms with Crippen LogP contribution in [0.5, 0.6) is 0 Å². The highest BCUT2D eigenvalue weighted by atomic mass is 35.5. The normalized spacial score (nSPS) is 17.2. The summed E-state index contributed by atoms with van der Waals surface area (Å²) in [4.78, 5) is 0. The zero-order valence-corrected chi connectivity index (χ0v) is 11.3. The van der Waals surface area contributed by atoms with Gasteiger partial charge < -0.3 is 9.73 Å². The van der Waals surface area contributed by atoms with Crippen molar-refractivity contribution in [3.63, 3.8) is 0 Å². The maximum Gasteiger partial charge on any atom is 0.134 e. The van der Waals surface area contributed by atoms with E-state index in [0.717, 1.165) is 40.8 Å². The van der Waals surface area contributed by atoms with Crippen molar-refractivity contribution in [1.29, 1.82) is 0 Å². The number of rotatable bonds is 5. The minimum absolute atomic E-state index is 0.599. The van der Waals surface area contributed by atoms with Gasteiger partial charge in [0.05, 0.1) is 0 Å². The van der Waals surface area contributed by atoms with Gasteiger partial charge in [-0.25, -0.2) is 0 Å². The highest BCUT2D eigenvalue weighted by molar-refractivity contribution is 6.31. The lowest BCUT2D eigenvalue weighted by molar-refractivity contribution is 0.452. The number of hydrogen-bond acceptors (Lipinski definition) is 2. The number of halogens is 1. The largest absolute Gasteiger partial charge is 0.461 e. The Kier molecular flexibility index (Phi) is 3.31. The lowest BCUT2D eigenvalue weighted by Gasteiger charge is -2.10. The van der Waals surface area contributed by atoms with Gasteiger partial charge in [0.1, 0.15) is 11.3 Å². The van der Waals surface area contributed by atoms with E-state index in [9.17, 15) is 0 Å². The minimum Gasteiger partial charge on any atom is -0.461 e. The maximum absolute atomic E-state index is 5.97. The molecule has 2 aromatic rings. The topological polar surface area (TPSA) is 25.2 Å². The van der Waals surface area contributed by atoms with Gasteiger partial charge in [0.15, 0.2) is 0 Å². The summed E-state index contributed by atoms with van der Waals surface area (Å²) < 4.78 is 5.83. The first kappa shape index (κ1) is 12.1. The minimum atomic E-state index is 0.599. The molecule has 1 unspecified atom stereocenters. The average molecular weight is 264 g/mol. The number of benzene rings is 1. The Bertz CT molecular complexity index is 544. The monoisotopic (exact) mass is 263 g/mol. The molecule has 2 nitrogen and oxygen atoms in total. The van der Waals surface area contributed by atoms with Crippen LogP contribution in [0.15, 0.2) is 28.7 Å². The summed E-state index contributed by atoms with van der Waals surface area (Å²) in [7, 11) is 0. The molecule has 18 heavy (non-hydrogen) atoms. The van der Waals surface area contributed by atoms with Crippen LogP contribution < -0.4 is 5.32 Å². The van der Waals surface area contributed by atoms with Gasteiger partial charge in [-0.15, -0.1) is 0 Å². The standard InChI is InChI=1S/C15H18ClNO/c1-10(9-17-13-3-4-13)6-14-8-11-7-12(16)2-5-15(11)18-14/h2,5,7-8,10,13,17H,3-4,6,9H2,1H3. The molecule has 96 valence electrons. The molecule has 0 saturated heterocycles. The Morgan fingerprint density at radius 1 is 1.39 bits per heavy atom. The molecule has 0 aliphatic heterocycles. The predicted octanol–water partition coefficient (Wildman–Crippen LogP) is 4.02. The average Bonchev–Trinajstić information content (AvgIpc) is 3.07. The van der Waals surface area contributed by atoms with Gasteiger partial charge in [-0.05, 0) is 49.6 Å². The molecule has 1 fully saturated rings. The number of nitrogens with one attached hydrogen (secondary N) is 1. The van der Waals surface area contributed by atoms with Crippen molar-refractivity contribution in [2.24, 2.45) is 5.92 Å². The van der Waals surface area contributed by atoms with Gasteiger partial charge in [0.2, 0.25) is 0 Å². The van der Waals surface area contributed by atoms with Crippen molar-refractivity contribution in [3.8, 4) is 0 Å². The van der Waals surface area contributed by atoms with Crippen LogP contribution in [0, 0.1) is 5.92 Å². The van der Waals surface area contributed by atoms with E-state index < -0.39 is 0 Å². The fraction of sp³-hybridized carbons (Fsp3) is 0.467. The molecule has 3 rings (SSSR count). The Labute approximate surface area is 112 Å². The molecule has 0 amide bonds. The first-order chi connectivity index (χ1) is 8.70. The molecule has 1 aromatic carbocycles. The lowest BCUT2D eigenvalue weighted by Crippen LogP contribution is -2.24. The first-order valence-electron chi connectivity index (χ1n) is 6.62. The Morgan fingerprint density at radius 2 is 2.22 bits per heavy atom. The van der Waals surface area contributed by atoms with Gasteiger partial charge in [0.25, 0.3) is 0 Å². The van der Waals surface area contributed by atoms with E-state index in [1.807, 2.05) is 18.2 Å². The van der Waals surface area contributed by atoms with E-state index in [2.05, 4.69) is 18.3 Å². The summed E-state index contributed by atoms with van der Waals surface area (Å²) >= 11 is 5.97. The van der Waals surface area contributed by atoms with E-state index in [0.29, 0.717) is 5.92 Å². The van der Waals surface area contributed by atoms with E-state index in [1.54, 1.807) is 0 Å². The quantitative estimate of drug-likeness (QED) is 0.882. The van der Waals surface area contributed by atoms with Crippen LogP contribution >= 0.6 is 11.6 Å². The van der Waals surface area contributed by atoms with Crippen LogP contribution in [0.1, 0.15) is 25.5 Å². The molecule has 1 saturated carbocycles. The third-order valence-corrected chi connectivity index (χ3v) is 3.65. The van der Waals surface area contributed by atoms with Crippen molar-refractivity contribution >= 4 is 22.6 Å². The fourth-order valence-corrected chi connectivity index (χ4v) is 2.42. The summed E-state index contributed by atoms with van der Waals surface area (Å²) in [6.07, 6.45) is 3.66. The lowest BCUT2D eigenvalue weighted by atomic mass is 10.1. The highest BCUT2D eigenvalue weighted by Crippen LogP contribution is 2.25. The number of furan rings is 1. The Morgan fingerprint density at radius 3 is 3.00 bits per heavy atom.